The first-order valence-corrected chi connectivity index (χ1v) is 7.81. The van der Waals surface area contributed by atoms with Crippen LogP contribution in [0.4, 0.5) is 0 Å². The third-order valence-corrected chi connectivity index (χ3v) is 3.69. The number of nitrogens with zero attached hydrogens (tertiary/aromatic N) is 1. The van der Waals surface area contributed by atoms with Gasteiger partial charge in [0.15, 0.2) is 0 Å². The molecule has 0 amide bonds. The topological polar surface area (TPSA) is 3.24 Å². The molecule has 102 valence electrons. The Morgan fingerprint density at radius 1 is 1.33 bits per heavy atom. The molecule has 1 rings (SSSR count). The van der Waals surface area contributed by atoms with Crippen LogP contribution in [0, 0.1) is 12.8 Å². The number of allylic oxidation sites excluding steroid dienone is 1. The lowest BCUT2D eigenvalue weighted by Gasteiger charge is -2.22. The number of aryl methyl sites for hydroxylation is 1. The normalized spacial score (nSPS) is 13.9. The van der Waals surface area contributed by atoms with Crippen molar-refractivity contribution in [2.75, 3.05) is 13.1 Å². The summed E-state index contributed by atoms with van der Waals surface area (Å²) < 4.78 is 0. The second-order valence-corrected chi connectivity index (χ2v) is 7.27. The summed E-state index contributed by atoms with van der Waals surface area (Å²) in [6, 6.07) is 4.44. The molecule has 0 radical (unpaired) electrons. The first-order valence-electron chi connectivity index (χ1n) is 6.55. The molecule has 1 atom stereocenters. The van der Waals surface area contributed by atoms with Gasteiger partial charge >= 0.3 is 0 Å². The molecule has 0 fully saturated rings. The number of hydrogen-bond acceptors (Lipinski definition) is 2. The highest BCUT2D eigenvalue weighted by molar-refractivity contribution is 7.11. The molecule has 18 heavy (non-hydrogen) atoms. The van der Waals surface area contributed by atoms with Gasteiger partial charge in [0.1, 0.15) is 0 Å². The largest absolute Gasteiger partial charge is 0.294 e. The monoisotopic (exact) mass is 285 g/mol. The van der Waals surface area contributed by atoms with Crippen molar-refractivity contribution in [2.45, 2.75) is 39.6 Å². The summed E-state index contributed by atoms with van der Waals surface area (Å²) in [4.78, 5) is 5.31. The van der Waals surface area contributed by atoms with Crippen LogP contribution >= 0.6 is 22.9 Å². The Morgan fingerprint density at radius 3 is 2.56 bits per heavy atom. The van der Waals surface area contributed by atoms with Gasteiger partial charge in [0.05, 0.1) is 0 Å². The maximum Gasteiger partial charge on any atom is 0.0488 e. The van der Waals surface area contributed by atoms with Crippen molar-refractivity contribution in [1.29, 1.82) is 0 Å². The molecule has 0 saturated carbocycles. The smallest absolute Gasteiger partial charge is 0.0488 e. The molecule has 1 nitrogen and oxygen atoms in total. The van der Waals surface area contributed by atoms with Crippen LogP contribution in [0.25, 0.3) is 0 Å². The zero-order valence-electron chi connectivity index (χ0n) is 11.8. The molecule has 0 aliphatic rings. The van der Waals surface area contributed by atoms with Crippen LogP contribution in [0.5, 0.6) is 0 Å². The van der Waals surface area contributed by atoms with Gasteiger partial charge in [-0.05, 0) is 31.9 Å². The Balaban J connectivity index is 2.55. The molecule has 1 aromatic rings. The van der Waals surface area contributed by atoms with E-state index in [0.29, 0.717) is 5.92 Å². The first-order chi connectivity index (χ1) is 8.47. The molecule has 0 saturated heterocycles. The Morgan fingerprint density at radius 2 is 2.06 bits per heavy atom. The summed E-state index contributed by atoms with van der Waals surface area (Å²) in [6.07, 6.45) is 4.25. The number of hydrogen-bond donors (Lipinski definition) is 0. The quantitative estimate of drug-likeness (QED) is 0.518. The van der Waals surface area contributed by atoms with Gasteiger partial charge in [0.25, 0.3) is 0 Å². The highest BCUT2D eigenvalue weighted by Crippen LogP contribution is 2.17. The van der Waals surface area contributed by atoms with Gasteiger partial charge in [-0.15, -0.1) is 22.9 Å². The van der Waals surface area contributed by atoms with Crippen LogP contribution in [0.1, 0.15) is 30.5 Å². The molecule has 0 bridgehead atoms. The van der Waals surface area contributed by atoms with E-state index in [-0.39, 0.29) is 5.38 Å². The minimum absolute atomic E-state index is 0.120. The molecule has 0 aliphatic carbocycles. The Hall–Kier alpha value is -0.310. The molecule has 0 N–H and O–H groups in total. The van der Waals surface area contributed by atoms with Crippen LogP contribution in [0.2, 0.25) is 0 Å². The van der Waals surface area contributed by atoms with Crippen LogP contribution in [0.15, 0.2) is 24.3 Å². The number of halogens is 1. The minimum atomic E-state index is 0.120. The number of alkyl halides is 1. The molecule has 1 aromatic heterocycles. The molecule has 0 spiro atoms. The molecule has 0 aromatic carbocycles. The fourth-order valence-electron chi connectivity index (χ4n) is 1.91. The van der Waals surface area contributed by atoms with Crippen molar-refractivity contribution in [3.8, 4) is 0 Å². The third-order valence-electron chi connectivity index (χ3n) is 2.56. The SMILES string of the molecule is Cc1ccc(CN(C/C=C/C(C)Cl)CC(C)C)s1. The predicted molar refractivity (Wildman–Crippen MR) is 83.6 cm³/mol. The molecular weight excluding hydrogens is 262 g/mol. The Kier molecular flexibility index (Phi) is 6.98. The molecule has 0 aliphatic heterocycles. The lowest BCUT2D eigenvalue weighted by Crippen LogP contribution is -2.27. The van der Waals surface area contributed by atoms with Gasteiger partial charge in [0, 0.05) is 34.8 Å². The summed E-state index contributed by atoms with van der Waals surface area (Å²) in [6.45, 7) is 11.8. The standard InChI is InChI=1S/C15H24ClNS/c1-12(2)10-17(9-5-6-13(3)16)11-15-8-7-14(4)18-15/h5-8,12-13H,9-11H2,1-4H3/b6-5+. The van der Waals surface area contributed by atoms with Gasteiger partial charge in [-0.1, -0.05) is 26.0 Å². The maximum absolute atomic E-state index is 5.93. The highest BCUT2D eigenvalue weighted by atomic mass is 35.5. The lowest BCUT2D eigenvalue weighted by molar-refractivity contribution is 0.262. The van der Waals surface area contributed by atoms with E-state index in [9.17, 15) is 0 Å². The fraction of sp³-hybridized carbons (Fsp3) is 0.600. The summed E-state index contributed by atoms with van der Waals surface area (Å²) >= 11 is 7.82. The van der Waals surface area contributed by atoms with Crippen LogP contribution in [0.3, 0.4) is 0 Å². The van der Waals surface area contributed by atoms with E-state index in [2.05, 4.69) is 50.0 Å². The molecule has 1 unspecified atom stereocenters. The van der Waals surface area contributed by atoms with Crippen molar-refractivity contribution < 1.29 is 0 Å². The van der Waals surface area contributed by atoms with Crippen molar-refractivity contribution in [3.05, 3.63) is 34.0 Å². The summed E-state index contributed by atoms with van der Waals surface area (Å²) in [7, 11) is 0. The molecule has 3 heteroatoms. The Labute approximate surface area is 120 Å². The second kappa shape index (κ2) is 7.98. The molecule has 1 heterocycles. The number of thiophene rings is 1. The van der Waals surface area contributed by atoms with E-state index in [1.54, 1.807) is 0 Å². The Bertz CT molecular complexity index is 368. The van der Waals surface area contributed by atoms with E-state index in [0.717, 1.165) is 19.6 Å². The van der Waals surface area contributed by atoms with Crippen molar-refractivity contribution >= 4 is 22.9 Å². The molecular formula is C15H24ClNS. The summed E-state index contributed by atoms with van der Waals surface area (Å²) in [5.74, 6) is 0.688. The van der Waals surface area contributed by atoms with E-state index < -0.39 is 0 Å². The average Bonchev–Trinajstić information content (AvgIpc) is 2.62. The minimum Gasteiger partial charge on any atom is -0.294 e. The van der Waals surface area contributed by atoms with Gasteiger partial charge in [-0.3, -0.25) is 4.90 Å². The van der Waals surface area contributed by atoms with Crippen molar-refractivity contribution in [1.82, 2.24) is 4.90 Å². The lowest BCUT2D eigenvalue weighted by atomic mass is 10.2. The van der Waals surface area contributed by atoms with Gasteiger partial charge in [-0.2, -0.15) is 0 Å². The number of rotatable bonds is 7. The third kappa shape index (κ3) is 6.58. The second-order valence-electron chi connectivity index (χ2n) is 5.21. The van der Waals surface area contributed by atoms with Gasteiger partial charge in [0.2, 0.25) is 0 Å². The highest BCUT2D eigenvalue weighted by Gasteiger charge is 2.08. The van der Waals surface area contributed by atoms with E-state index in [1.165, 1.54) is 9.75 Å². The van der Waals surface area contributed by atoms with Crippen molar-refractivity contribution in [3.63, 3.8) is 0 Å². The van der Waals surface area contributed by atoms with Crippen molar-refractivity contribution in [2.24, 2.45) is 5.92 Å². The van der Waals surface area contributed by atoms with E-state index in [1.807, 2.05) is 18.3 Å². The van der Waals surface area contributed by atoms with Gasteiger partial charge < -0.3 is 0 Å². The zero-order valence-corrected chi connectivity index (χ0v) is 13.4. The fourth-order valence-corrected chi connectivity index (χ4v) is 2.94. The summed E-state index contributed by atoms with van der Waals surface area (Å²) in [5.41, 5.74) is 0. The van der Waals surface area contributed by atoms with E-state index in [4.69, 9.17) is 11.6 Å². The summed E-state index contributed by atoms with van der Waals surface area (Å²) in [5, 5.41) is 0.120. The van der Waals surface area contributed by atoms with E-state index >= 15 is 0 Å². The maximum atomic E-state index is 5.93. The van der Waals surface area contributed by atoms with Crippen LogP contribution in [-0.2, 0) is 6.54 Å². The van der Waals surface area contributed by atoms with Crippen LogP contribution in [-0.4, -0.2) is 23.4 Å². The van der Waals surface area contributed by atoms with Crippen LogP contribution < -0.4 is 0 Å². The zero-order chi connectivity index (χ0) is 13.5. The average molecular weight is 286 g/mol. The predicted octanol–water partition coefficient (Wildman–Crippen LogP) is 4.70. The van der Waals surface area contributed by atoms with Gasteiger partial charge in [-0.25, -0.2) is 0 Å². The first kappa shape index (κ1) is 15.7.